The Bertz CT molecular complexity index is 1140. The number of hydrogen-bond donors (Lipinski definition) is 1. The summed E-state index contributed by atoms with van der Waals surface area (Å²) in [5.41, 5.74) is 1.83. The molecule has 10 heteroatoms. The molecule has 1 fully saturated rings. The molecule has 0 spiro atoms. The molecule has 0 radical (unpaired) electrons. The Labute approximate surface area is 190 Å². The van der Waals surface area contributed by atoms with Gasteiger partial charge in [-0.2, -0.15) is 8.61 Å². The van der Waals surface area contributed by atoms with Crippen LogP contribution in [0.3, 0.4) is 0 Å². The van der Waals surface area contributed by atoms with Crippen LogP contribution in [0.1, 0.15) is 24.0 Å². The van der Waals surface area contributed by atoms with Crippen molar-refractivity contribution in [1.29, 1.82) is 0 Å². The Hall–Kier alpha value is -2.27. The average Bonchev–Trinajstić information content (AvgIpc) is 3.30. The van der Waals surface area contributed by atoms with Gasteiger partial charge in [0.15, 0.2) is 0 Å². The van der Waals surface area contributed by atoms with Gasteiger partial charge in [-0.15, -0.1) is 0 Å². The summed E-state index contributed by atoms with van der Waals surface area (Å²) in [5, 5.41) is 2.71. The molecule has 1 aliphatic rings. The van der Waals surface area contributed by atoms with Crippen LogP contribution < -0.4 is 5.32 Å². The summed E-state index contributed by atoms with van der Waals surface area (Å²) in [4.78, 5) is 12.6. The van der Waals surface area contributed by atoms with Crippen molar-refractivity contribution in [3.05, 3.63) is 59.7 Å². The highest BCUT2D eigenvalue weighted by Crippen LogP contribution is 2.21. The van der Waals surface area contributed by atoms with Gasteiger partial charge in [-0.1, -0.05) is 29.8 Å². The minimum absolute atomic E-state index is 0.141. The SMILES string of the molecule is Cc1ccc(S(=O)(=O)N(C)CC(=O)NCCc2ccc(S(=O)(=O)N3CCCC3)cc2)cc1. The number of rotatable bonds is 9. The normalized spacial score (nSPS) is 15.2. The van der Waals surface area contributed by atoms with E-state index in [0.717, 1.165) is 28.3 Å². The van der Waals surface area contributed by atoms with Crippen LogP contribution in [0.4, 0.5) is 0 Å². The fourth-order valence-corrected chi connectivity index (χ4v) is 6.13. The Morgan fingerprint density at radius 1 is 0.938 bits per heavy atom. The highest BCUT2D eigenvalue weighted by atomic mass is 32.2. The lowest BCUT2D eigenvalue weighted by atomic mass is 10.1. The summed E-state index contributed by atoms with van der Waals surface area (Å²) >= 11 is 0. The fourth-order valence-electron chi connectivity index (χ4n) is 3.49. The largest absolute Gasteiger partial charge is 0.355 e. The van der Waals surface area contributed by atoms with Crippen molar-refractivity contribution in [1.82, 2.24) is 13.9 Å². The number of benzene rings is 2. The van der Waals surface area contributed by atoms with Crippen molar-refractivity contribution >= 4 is 26.0 Å². The monoisotopic (exact) mass is 479 g/mol. The van der Waals surface area contributed by atoms with Crippen LogP contribution in [0.2, 0.25) is 0 Å². The molecule has 0 bridgehead atoms. The number of amides is 1. The van der Waals surface area contributed by atoms with E-state index < -0.39 is 26.0 Å². The lowest BCUT2D eigenvalue weighted by Crippen LogP contribution is -2.39. The van der Waals surface area contributed by atoms with E-state index >= 15 is 0 Å². The second-order valence-electron chi connectivity index (χ2n) is 7.93. The van der Waals surface area contributed by atoms with Crippen molar-refractivity contribution < 1.29 is 21.6 Å². The van der Waals surface area contributed by atoms with Crippen LogP contribution in [0.5, 0.6) is 0 Å². The molecular formula is C22H29N3O5S2. The minimum Gasteiger partial charge on any atom is -0.355 e. The number of carbonyl (C=O) groups is 1. The minimum atomic E-state index is -3.74. The molecule has 1 heterocycles. The molecule has 0 unspecified atom stereocenters. The maximum absolute atomic E-state index is 12.6. The Kier molecular flexibility index (Phi) is 7.71. The number of nitrogens with zero attached hydrogens (tertiary/aromatic N) is 2. The molecule has 0 aromatic heterocycles. The molecule has 1 amide bonds. The third-order valence-electron chi connectivity index (χ3n) is 5.46. The van der Waals surface area contributed by atoms with Crippen molar-refractivity contribution in [2.24, 2.45) is 0 Å². The predicted octanol–water partition coefficient (Wildman–Crippen LogP) is 1.76. The Balaban J connectivity index is 1.49. The molecule has 32 heavy (non-hydrogen) atoms. The third kappa shape index (κ3) is 5.74. The van der Waals surface area contributed by atoms with E-state index in [0.29, 0.717) is 26.1 Å². The molecule has 8 nitrogen and oxygen atoms in total. The number of nitrogens with one attached hydrogen (secondary N) is 1. The zero-order valence-electron chi connectivity index (χ0n) is 18.3. The van der Waals surface area contributed by atoms with Gasteiger partial charge in [0.25, 0.3) is 0 Å². The first-order chi connectivity index (χ1) is 15.1. The fraction of sp³-hybridized carbons (Fsp3) is 0.409. The smallest absolute Gasteiger partial charge is 0.243 e. The number of carbonyl (C=O) groups excluding carboxylic acids is 1. The van der Waals surface area contributed by atoms with E-state index in [1.165, 1.54) is 23.5 Å². The number of sulfonamides is 2. The Morgan fingerprint density at radius 2 is 1.50 bits per heavy atom. The van der Waals surface area contributed by atoms with Crippen LogP contribution >= 0.6 is 0 Å². The van der Waals surface area contributed by atoms with Crippen LogP contribution in [0.25, 0.3) is 0 Å². The van der Waals surface area contributed by atoms with E-state index in [9.17, 15) is 21.6 Å². The van der Waals surface area contributed by atoms with Crippen LogP contribution in [-0.2, 0) is 31.3 Å². The van der Waals surface area contributed by atoms with E-state index in [2.05, 4.69) is 5.32 Å². The molecular weight excluding hydrogens is 450 g/mol. The van der Waals surface area contributed by atoms with Crippen molar-refractivity contribution in [2.45, 2.75) is 36.0 Å². The van der Waals surface area contributed by atoms with Gasteiger partial charge >= 0.3 is 0 Å². The molecule has 0 saturated carbocycles. The van der Waals surface area contributed by atoms with Crippen molar-refractivity contribution in [3.8, 4) is 0 Å². The second kappa shape index (κ2) is 10.1. The van der Waals surface area contributed by atoms with Gasteiger partial charge in [-0.25, -0.2) is 16.8 Å². The lowest BCUT2D eigenvalue weighted by molar-refractivity contribution is -0.121. The Morgan fingerprint density at radius 3 is 2.09 bits per heavy atom. The van der Waals surface area contributed by atoms with Crippen molar-refractivity contribution in [3.63, 3.8) is 0 Å². The molecule has 2 aromatic carbocycles. The highest BCUT2D eigenvalue weighted by molar-refractivity contribution is 7.89. The number of hydrogen-bond acceptors (Lipinski definition) is 5. The predicted molar refractivity (Wildman–Crippen MR) is 122 cm³/mol. The third-order valence-corrected chi connectivity index (χ3v) is 9.19. The standard InChI is InChI=1S/C22H29N3O5S2/c1-18-5-9-20(10-6-18)31(27,28)24(2)17-22(26)23-14-13-19-7-11-21(12-8-19)32(29,30)25-15-3-4-16-25/h5-12H,3-4,13-17H2,1-2H3,(H,23,26). The van der Waals surface area contributed by atoms with E-state index in [-0.39, 0.29) is 16.3 Å². The van der Waals surface area contributed by atoms with Crippen LogP contribution in [-0.4, -0.2) is 64.6 Å². The van der Waals surface area contributed by atoms with Gasteiger partial charge in [0, 0.05) is 26.7 Å². The summed E-state index contributed by atoms with van der Waals surface area (Å²) in [6.07, 6.45) is 2.28. The van der Waals surface area contributed by atoms with E-state index in [1.54, 1.807) is 36.4 Å². The molecule has 1 aliphatic heterocycles. The zero-order valence-corrected chi connectivity index (χ0v) is 20.0. The maximum Gasteiger partial charge on any atom is 0.243 e. The lowest BCUT2D eigenvalue weighted by Gasteiger charge is -2.17. The quantitative estimate of drug-likeness (QED) is 0.590. The van der Waals surface area contributed by atoms with Gasteiger partial charge in [0.05, 0.1) is 16.3 Å². The summed E-state index contributed by atoms with van der Waals surface area (Å²) in [6, 6.07) is 13.1. The van der Waals surface area contributed by atoms with Gasteiger partial charge in [0.1, 0.15) is 0 Å². The number of aryl methyl sites for hydroxylation is 1. The van der Waals surface area contributed by atoms with E-state index in [1.807, 2.05) is 6.92 Å². The summed E-state index contributed by atoms with van der Waals surface area (Å²) in [7, 11) is -5.81. The molecule has 2 aromatic rings. The first-order valence-corrected chi connectivity index (χ1v) is 13.4. The number of likely N-dealkylation sites (N-methyl/N-ethyl adjacent to an activating group) is 1. The highest BCUT2D eigenvalue weighted by Gasteiger charge is 2.27. The van der Waals surface area contributed by atoms with Gasteiger partial charge in [0.2, 0.25) is 26.0 Å². The van der Waals surface area contributed by atoms with Gasteiger partial charge in [-0.3, -0.25) is 4.79 Å². The van der Waals surface area contributed by atoms with Crippen LogP contribution in [0.15, 0.2) is 58.3 Å². The van der Waals surface area contributed by atoms with E-state index in [4.69, 9.17) is 0 Å². The molecule has 0 aliphatic carbocycles. The van der Waals surface area contributed by atoms with Gasteiger partial charge < -0.3 is 5.32 Å². The summed E-state index contributed by atoms with van der Waals surface area (Å²) in [5.74, 6) is -0.406. The average molecular weight is 480 g/mol. The van der Waals surface area contributed by atoms with Crippen LogP contribution in [0, 0.1) is 6.92 Å². The summed E-state index contributed by atoms with van der Waals surface area (Å²) in [6.45, 7) is 3.01. The molecule has 174 valence electrons. The first kappa shape index (κ1) is 24.4. The first-order valence-electron chi connectivity index (χ1n) is 10.5. The molecule has 1 saturated heterocycles. The molecule has 0 atom stereocenters. The summed E-state index contributed by atoms with van der Waals surface area (Å²) < 4.78 is 52.8. The maximum atomic E-state index is 12.6. The molecule has 3 rings (SSSR count). The van der Waals surface area contributed by atoms with Crippen molar-refractivity contribution in [2.75, 3.05) is 33.2 Å². The second-order valence-corrected chi connectivity index (χ2v) is 11.9. The molecule has 1 N–H and O–H groups in total. The zero-order chi connectivity index (χ0) is 23.4. The topological polar surface area (TPSA) is 104 Å². The van der Waals surface area contributed by atoms with Gasteiger partial charge in [-0.05, 0) is 56.0 Å².